The molecule has 7 rings (SSSR count). The van der Waals surface area contributed by atoms with Crippen molar-refractivity contribution in [2.45, 2.75) is 57.7 Å². The van der Waals surface area contributed by atoms with Crippen molar-refractivity contribution in [1.29, 1.82) is 0 Å². The normalized spacial score (nSPS) is 20.9. The molecule has 2 aromatic heterocycles. The van der Waals surface area contributed by atoms with Crippen molar-refractivity contribution < 1.29 is 28.1 Å². The van der Waals surface area contributed by atoms with Crippen LogP contribution in [-0.4, -0.2) is 91.0 Å². The number of aliphatic hydroxyl groups excluding tert-OH is 1. The molecule has 1 N–H and O–H groups in total. The van der Waals surface area contributed by atoms with Gasteiger partial charge in [-0.15, -0.1) is 0 Å². The summed E-state index contributed by atoms with van der Waals surface area (Å²) in [4.78, 5) is 18.2. The van der Waals surface area contributed by atoms with Crippen molar-refractivity contribution in [2.75, 3.05) is 58.7 Å². The Kier molecular flexibility index (Phi) is 8.88. The van der Waals surface area contributed by atoms with Gasteiger partial charge in [0.05, 0.1) is 18.0 Å². The summed E-state index contributed by atoms with van der Waals surface area (Å²) in [6.07, 6.45) is 5.83. The van der Waals surface area contributed by atoms with E-state index < -0.39 is 12.0 Å². The number of alkyl halides is 1. The standard InChI is InChI=1S/C36H43F2N5O4/c1-4-23-6-5-7-24-14-25(47-21-45-3)15-26(30(23)24)32-31(38)33-27(17-39-32)34(42(2)29-16-28(29)37)41-35(40-33)46-20-36(10-11-36)19-43-12-8-22(18-44)9-13-43/h5-7,14-15,17,22,28-29,44H,4,8-13,16,18-21H2,1-3H3/t28-,29?/m1/s1. The van der Waals surface area contributed by atoms with Crippen molar-refractivity contribution in [1.82, 2.24) is 19.9 Å². The number of piperidine rings is 1. The van der Waals surface area contributed by atoms with Gasteiger partial charge in [0.1, 0.15) is 28.9 Å². The number of halogens is 2. The maximum Gasteiger partial charge on any atom is 0.319 e. The first-order valence-electron chi connectivity index (χ1n) is 16.7. The number of aliphatic hydroxyl groups is 1. The average molecular weight is 648 g/mol. The highest BCUT2D eigenvalue weighted by molar-refractivity contribution is 6.01. The smallest absolute Gasteiger partial charge is 0.319 e. The molecule has 4 aromatic rings. The van der Waals surface area contributed by atoms with Gasteiger partial charge in [0.25, 0.3) is 0 Å². The minimum absolute atomic E-state index is 0.00296. The molecule has 3 aliphatic rings. The maximum atomic E-state index is 16.9. The highest BCUT2D eigenvalue weighted by Crippen LogP contribution is 2.47. The number of methoxy groups -OCH3 is 1. The summed E-state index contributed by atoms with van der Waals surface area (Å²) in [5.41, 5.74) is 1.87. The lowest BCUT2D eigenvalue weighted by Crippen LogP contribution is -2.40. The van der Waals surface area contributed by atoms with E-state index in [0.717, 1.165) is 68.1 Å². The lowest BCUT2D eigenvalue weighted by atomic mass is 9.95. The zero-order valence-electron chi connectivity index (χ0n) is 27.3. The van der Waals surface area contributed by atoms with Crippen LogP contribution in [0, 0.1) is 17.2 Å². The van der Waals surface area contributed by atoms with Crippen LogP contribution in [0.5, 0.6) is 11.8 Å². The Hall–Kier alpha value is -3.67. The number of hydrogen-bond donors (Lipinski definition) is 1. The number of nitrogens with zero attached hydrogens (tertiary/aromatic N) is 5. The predicted octanol–water partition coefficient (Wildman–Crippen LogP) is 5.94. The second kappa shape index (κ2) is 13.1. The molecule has 9 nitrogen and oxygen atoms in total. The highest BCUT2D eigenvalue weighted by Gasteiger charge is 2.46. The van der Waals surface area contributed by atoms with E-state index in [4.69, 9.17) is 19.2 Å². The van der Waals surface area contributed by atoms with Crippen LogP contribution in [-0.2, 0) is 11.2 Å². The summed E-state index contributed by atoms with van der Waals surface area (Å²) >= 11 is 0. The molecule has 2 saturated carbocycles. The van der Waals surface area contributed by atoms with Crippen molar-refractivity contribution in [3.63, 3.8) is 0 Å². The first kappa shape index (κ1) is 31.9. The molecule has 2 aromatic carbocycles. The Morgan fingerprint density at radius 1 is 1.13 bits per heavy atom. The zero-order chi connectivity index (χ0) is 32.7. The Balaban J connectivity index is 1.26. The van der Waals surface area contributed by atoms with Crippen molar-refractivity contribution in [2.24, 2.45) is 11.3 Å². The molecular formula is C36H43F2N5O4. The van der Waals surface area contributed by atoms with Gasteiger partial charge >= 0.3 is 6.01 Å². The molecule has 2 aliphatic carbocycles. The van der Waals surface area contributed by atoms with Gasteiger partial charge in [-0.2, -0.15) is 9.97 Å². The molecule has 0 amide bonds. The quantitative estimate of drug-likeness (QED) is 0.177. The molecule has 0 radical (unpaired) electrons. The number of pyridine rings is 1. The van der Waals surface area contributed by atoms with Crippen molar-refractivity contribution >= 4 is 27.5 Å². The van der Waals surface area contributed by atoms with E-state index in [-0.39, 0.29) is 42.1 Å². The van der Waals surface area contributed by atoms with Gasteiger partial charge < -0.3 is 29.1 Å². The molecule has 0 spiro atoms. The van der Waals surface area contributed by atoms with E-state index in [9.17, 15) is 9.50 Å². The van der Waals surface area contributed by atoms with Gasteiger partial charge in [0, 0.05) is 50.9 Å². The van der Waals surface area contributed by atoms with Crippen LogP contribution in [0.3, 0.4) is 0 Å². The lowest BCUT2D eigenvalue weighted by molar-refractivity contribution is 0.0512. The molecule has 250 valence electrons. The first-order valence-corrected chi connectivity index (χ1v) is 16.7. The number of fused-ring (bicyclic) bond motifs is 2. The fraction of sp³-hybridized carbons (Fsp3) is 0.528. The van der Waals surface area contributed by atoms with Gasteiger partial charge in [-0.05, 0) is 79.6 Å². The summed E-state index contributed by atoms with van der Waals surface area (Å²) in [5.74, 6) is 0.728. The van der Waals surface area contributed by atoms with E-state index in [1.54, 1.807) is 31.3 Å². The number of hydrogen-bond acceptors (Lipinski definition) is 9. The Bertz CT molecular complexity index is 1760. The van der Waals surface area contributed by atoms with E-state index >= 15 is 4.39 Å². The molecular weight excluding hydrogens is 604 g/mol. The zero-order valence-corrected chi connectivity index (χ0v) is 27.3. The van der Waals surface area contributed by atoms with E-state index in [1.165, 1.54) is 0 Å². The molecule has 2 atom stereocenters. The van der Waals surface area contributed by atoms with Gasteiger partial charge in [0.2, 0.25) is 0 Å². The Labute approximate surface area is 273 Å². The summed E-state index contributed by atoms with van der Waals surface area (Å²) in [6, 6.07) is 9.44. The minimum atomic E-state index is -0.968. The van der Waals surface area contributed by atoms with Gasteiger partial charge in [-0.25, -0.2) is 8.78 Å². The molecule has 1 aliphatic heterocycles. The maximum absolute atomic E-state index is 16.9. The number of anilines is 1. The SMILES string of the molecule is CCc1cccc2cc(OCOC)cc(-c3ncc4c(N(C)C5C[C@H]5F)nc(OCC5(CN6CCC(CO)CC6)CC5)nc4c3F)c12. The van der Waals surface area contributed by atoms with E-state index in [1.807, 2.05) is 24.3 Å². The minimum Gasteiger partial charge on any atom is -0.468 e. The monoisotopic (exact) mass is 647 g/mol. The molecule has 0 bridgehead atoms. The Morgan fingerprint density at radius 3 is 2.60 bits per heavy atom. The molecule has 3 fully saturated rings. The third kappa shape index (κ3) is 6.45. The van der Waals surface area contributed by atoms with Crippen molar-refractivity contribution in [3.05, 3.63) is 47.9 Å². The van der Waals surface area contributed by atoms with E-state index in [2.05, 4.69) is 21.8 Å². The van der Waals surface area contributed by atoms with Gasteiger partial charge in [-0.3, -0.25) is 4.98 Å². The van der Waals surface area contributed by atoms with Crippen LogP contribution in [0.25, 0.3) is 32.9 Å². The fourth-order valence-corrected chi connectivity index (χ4v) is 6.97. The molecule has 3 heterocycles. The van der Waals surface area contributed by atoms with Crippen LogP contribution < -0.4 is 14.4 Å². The van der Waals surface area contributed by atoms with Crippen LogP contribution in [0.4, 0.5) is 14.6 Å². The molecule has 1 saturated heterocycles. The lowest BCUT2D eigenvalue weighted by Gasteiger charge is -2.33. The summed E-state index contributed by atoms with van der Waals surface area (Å²) in [6.45, 7) is 5.62. The van der Waals surface area contributed by atoms with Crippen molar-refractivity contribution in [3.8, 4) is 23.0 Å². The first-order chi connectivity index (χ1) is 22.8. The number of rotatable bonds is 13. The summed E-state index contributed by atoms with van der Waals surface area (Å²) in [7, 11) is 3.33. The van der Waals surface area contributed by atoms with Gasteiger partial charge in [0.15, 0.2) is 12.6 Å². The average Bonchev–Trinajstić information content (AvgIpc) is 4.03. The van der Waals surface area contributed by atoms with Crippen LogP contribution in [0.1, 0.15) is 44.6 Å². The number of benzene rings is 2. The number of aryl methyl sites for hydroxylation is 1. The highest BCUT2D eigenvalue weighted by atomic mass is 19.1. The largest absolute Gasteiger partial charge is 0.468 e. The second-order valence-electron chi connectivity index (χ2n) is 13.5. The molecule has 11 heteroatoms. The fourth-order valence-electron chi connectivity index (χ4n) is 6.97. The third-order valence-electron chi connectivity index (χ3n) is 10.2. The Morgan fingerprint density at radius 2 is 1.91 bits per heavy atom. The molecule has 1 unspecified atom stereocenters. The van der Waals surface area contributed by atoms with Crippen LogP contribution in [0.15, 0.2) is 36.5 Å². The van der Waals surface area contributed by atoms with E-state index in [0.29, 0.717) is 41.5 Å². The third-order valence-corrected chi connectivity index (χ3v) is 10.2. The van der Waals surface area contributed by atoms with Crippen LogP contribution in [0.2, 0.25) is 0 Å². The van der Waals surface area contributed by atoms with Crippen LogP contribution >= 0.6 is 0 Å². The summed E-state index contributed by atoms with van der Waals surface area (Å²) < 4.78 is 48.4. The number of ether oxygens (including phenoxy) is 3. The number of aromatic nitrogens is 3. The predicted molar refractivity (Wildman–Crippen MR) is 177 cm³/mol. The molecule has 47 heavy (non-hydrogen) atoms. The number of likely N-dealkylation sites (tertiary alicyclic amines) is 1. The topological polar surface area (TPSA) is 93.1 Å². The second-order valence-corrected chi connectivity index (χ2v) is 13.5. The summed E-state index contributed by atoms with van der Waals surface area (Å²) in [5, 5.41) is 11.7. The van der Waals surface area contributed by atoms with Gasteiger partial charge in [-0.1, -0.05) is 25.1 Å².